The van der Waals surface area contributed by atoms with Gasteiger partial charge in [0, 0.05) is 16.1 Å². The monoisotopic (exact) mass is 303 g/mol. The van der Waals surface area contributed by atoms with Crippen LogP contribution in [-0.4, -0.2) is 12.1 Å². The van der Waals surface area contributed by atoms with Crippen LogP contribution in [0, 0.1) is 0 Å². The lowest BCUT2D eigenvalue weighted by Crippen LogP contribution is -1.81. The quantitative estimate of drug-likeness (QED) is 0.709. The van der Waals surface area contributed by atoms with Gasteiger partial charge in [-0.2, -0.15) is 0 Å². The Bertz CT molecular complexity index is 689. The maximum atomic E-state index is 5.71. The molecule has 2 aromatic carbocycles. The van der Waals surface area contributed by atoms with Crippen molar-refractivity contribution in [3.63, 3.8) is 0 Å². The Morgan fingerprint density at radius 1 is 1.11 bits per heavy atom. The van der Waals surface area contributed by atoms with Crippen molar-refractivity contribution in [1.29, 1.82) is 0 Å². The molecule has 0 saturated carbocycles. The van der Waals surface area contributed by atoms with Crippen LogP contribution in [0.5, 0.6) is 5.75 Å². The van der Waals surface area contributed by atoms with Crippen LogP contribution in [0.3, 0.4) is 0 Å². The van der Waals surface area contributed by atoms with Gasteiger partial charge in [-0.25, -0.2) is 4.98 Å². The Balaban J connectivity index is 2.10. The van der Waals surface area contributed by atoms with E-state index < -0.39 is 0 Å². The summed E-state index contributed by atoms with van der Waals surface area (Å²) >= 11 is 3.40. The number of methoxy groups -OCH3 is 1. The Morgan fingerprint density at radius 2 is 1.89 bits per heavy atom. The minimum absolute atomic E-state index is 0.616. The van der Waals surface area contributed by atoms with E-state index in [1.54, 1.807) is 7.11 Å². The average Bonchev–Trinajstić information content (AvgIpc) is 2.82. The van der Waals surface area contributed by atoms with Crippen molar-refractivity contribution in [1.82, 2.24) is 4.98 Å². The summed E-state index contributed by atoms with van der Waals surface area (Å²) in [4.78, 5) is 4.46. The predicted molar refractivity (Wildman–Crippen MR) is 73.7 cm³/mol. The van der Waals surface area contributed by atoms with Crippen LogP contribution < -0.4 is 4.74 Å². The fourth-order valence-electron chi connectivity index (χ4n) is 1.75. The van der Waals surface area contributed by atoms with Crippen molar-refractivity contribution in [3.05, 3.63) is 46.9 Å². The fraction of sp³-hybridized carbons (Fsp3) is 0.0714. The van der Waals surface area contributed by atoms with Gasteiger partial charge in [-0.1, -0.05) is 15.9 Å². The van der Waals surface area contributed by atoms with E-state index in [9.17, 15) is 0 Å². The van der Waals surface area contributed by atoms with Crippen molar-refractivity contribution in [2.75, 3.05) is 7.11 Å². The number of hydrogen-bond acceptors (Lipinski definition) is 3. The first-order valence-electron chi connectivity index (χ1n) is 5.47. The number of oxazole rings is 1. The minimum atomic E-state index is 0.616. The van der Waals surface area contributed by atoms with Crippen molar-refractivity contribution >= 4 is 27.0 Å². The van der Waals surface area contributed by atoms with Gasteiger partial charge in [-0.3, -0.25) is 0 Å². The summed E-state index contributed by atoms with van der Waals surface area (Å²) < 4.78 is 11.9. The Morgan fingerprint density at radius 3 is 2.61 bits per heavy atom. The van der Waals surface area contributed by atoms with E-state index in [1.807, 2.05) is 42.5 Å². The smallest absolute Gasteiger partial charge is 0.227 e. The lowest BCUT2D eigenvalue weighted by Gasteiger charge is -1.95. The van der Waals surface area contributed by atoms with Gasteiger partial charge < -0.3 is 9.15 Å². The Hall–Kier alpha value is -1.81. The van der Waals surface area contributed by atoms with E-state index in [0.29, 0.717) is 5.89 Å². The Labute approximate surface area is 113 Å². The summed E-state index contributed by atoms with van der Waals surface area (Å²) in [5.74, 6) is 1.39. The third-order valence-corrected chi connectivity index (χ3v) is 3.21. The SMILES string of the molecule is COc1ccc2oc(-c3ccc(Br)cc3)nc2c1. The molecule has 0 saturated heterocycles. The number of fused-ring (bicyclic) bond motifs is 1. The molecule has 0 bridgehead atoms. The molecule has 0 aliphatic rings. The molecule has 0 spiro atoms. The molecular formula is C14H10BrNO2. The van der Waals surface area contributed by atoms with Crippen molar-refractivity contribution in [3.8, 4) is 17.2 Å². The van der Waals surface area contributed by atoms with E-state index in [1.165, 1.54) is 0 Å². The molecule has 4 heteroatoms. The van der Waals surface area contributed by atoms with Gasteiger partial charge in [0.2, 0.25) is 5.89 Å². The fourth-order valence-corrected chi connectivity index (χ4v) is 2.01. The van der Waals surface area contributed by atoms with E-state index in [-0.39, 0.29) is 0 Å². The lowest BCUT2D eigenvalue weighted by molar-refractivity contribution is 0.415. The first-order valence-corrected chi connectivity index (χ1v) is 6.26. The summed E-state index contributed by atoms with van der Waals surface area (Å²) in [6, 6.07) is 13.4. The maximum absolute atomic E-state index is 5.71. The van der Waals surface area contributed by atoms with Crippen molar-refractivity contribution < 1.29 is 9.15 Å². The van der Waals surface area contributed by atoms with Crippen LogP contribution in [0.25, 0.3) is 22.6 Å². The highest BCUT2D eigenvalue weighted by Crippen LogP contribution is 2.27. The normalized spacial score (nSPS) is 10.8. The zero-order valence-electron chi connectivity index (χ0n) is 9.68. The molecule has 0 radical (unpaired) electrons. The van der Waals surface area contributed by atoms with Gasteiger partial charge in [-0.15, -0.1) is 0 Å². The van der Waals surface area contributed by atoms with E-state index >= 15 is 0 Å². The molecule has 0 unspecified atom stereocenters. The second-order valence-corrected chi connectivity index (χ2v) is 4.78. The molecule has 3 aromatic rings. The Kier molecular flexibility index (Phi) is 2.80. The molecule has 1 aromatic heterocycles. The van der Waals surface area contributed by atoms with Crippen LogP contribution >= 0.6 is 15.9 Å². The topological polar surface area (TPSA) is 35.3 Å². The molecule has 0 N–H and O–H groups in total. The summed E-state index contributed by atoms with van der Waals surface area (Å²) in [6.07, 6.45) is 0. The number of ether oxygens (including phenoxy) is 1. The highest BCUT2D eigenvalue weighted by atomic mass is 79.9. The molecule has 90 valence electrons. The third-order valence-electron chi connectivity index (χ3n) is 2.69. The van der Waals surface area contributed by atoms with Crippen LogP contribution in [0.1, 0.15) is 0 Å². The van der Waals surface area contributed by atoms with E-state index in [0.717, 1.165) is 26.9 Å². The van der Waals surface area contributed by atoms with E-state index in [4.69, 9.17) is 9.15 Å². The van der Waals surface area contributed by atoms with Gasteiger partial charge in [0.1, 0.15) is 11.3 Å². The number of hydrogen-bond donors (Lipinski definition) is 0. The first kappa shape index (κ1) is 11.3. The number of halogens is 1. The number of aromatic nitrogens is 1. The molecule has 0 fully saturated rings. The first-order chi connectivity index (χ1) is 8.76. The number of rotatable bonds is 2. The van der Waals surface area contributed by atoms with Gasteiger partial charge in [0.05, 0.1) is 7.11 Å². The van der Waals surface area contributed by atoms with Gasteiger partial charge in [-0.05, 0) is 36.4 Å². The second kappa shape index (κ2) is 4.46. The molecular weight excluding hydrogens is 294 g/mol. The van der Waals surface area contributed by atoms with Gasteiger partial charge in [0.25, 0.3) is 0 Å². The van der Waals surface area contributed by atoms with Crippen LogP contribution in [-0.2, 0) is 0 Å². The highest BCUT2D eigenvalue weighted by molar-refractivity contribution is 9.10. The van der Waals surface area contributed by atoms with Crippen molar-refractivity contribution in [2.45, 2.75) is 0 Å². The average molecular weight is 304 g/mol. The maximum Gasteiger partial charge on any atom is 0.227 e. The predicted octanol–water partition coefficient (Wildman–Crippen LogP) is 4.27. The molecule has 0 aliphatic heterocycles. The van der Waals surface area contributed by atoms with Crippen LogP contribution in [0.2, 0.25) is 0 Å². The number of nitrogens with zero attached hydrogens (tertiary/aromatic N) is 1. The van der Waals surface area contributed by atoms with Crippen molar-refractivity contribution in [2.24, 2.45) is 0 Å². The van der Waals surface area contributed by atoms with E-state index in [2.05, 4.69) is 20.9 Å². The second-order valence-electron chi connectivity index (χ2n) is 3.86. The van der Waals surface area contributed by atoms with Crippen LogP contribution in [0.15, 0.2) is 51.4 Å². The summed E-state index contributed by atoms with van der Waals surface area (Å²) in [5.41, 5.74) is 2.51. The van der Waals surface area contributed by atoms with Crippen LogP contribution in [0.4, 0.5) is 0 Å². The number of benzene rings is 2. The molecule has 0 aliphatic carbocycles. The highest BCUT2D eigenvalue weighted by Gasteiger charge is 2.08. The van der Waals surface area contributed by atoms with Gasteiger partial charge >= 0.3 is 0 Å². The zero-order chi connectivity index (χ0) is 12.5. The molecule has 18 heavy (non-hydrogen) atoms. The summed E-state index contributed by atoms with van der Waals surface area (Å²) in [7, 11) is 1.64. The summed E-state index contributed by atoms with van der Waals surface area (Å²) in [5, 5.41) is 0. The largest absolute Gasteiger partial charge is 0.497 e. The molecule has 1 heterocycles. The zero-order valence-corrected chi connectivity index (χ0v) is 11.3. The summed E-state index contributed by atoms with van der Waals surface area (Å²) in [6.45, 7) is 0. The lowest BCUT2D eigenvalue weighted by atomic mass is 10.2. The standard InChI is InChI=1S/C14H10BrNO2/c1-17-11-6-7-13-12(8-11)16-14(18-13)9-2-4-10(15)5-3-9/h2-8H,1H3. The third kappa shape index (κ3) is 1.99. The van der Waals surface area contributed by atoms with Gasteiger partial charge in [0.15, 0.2) is 5.58 Å². The molecule has 0 amide bonds. The molecule has 3 rings (SSSR count). The minimum Gasteiger partial charge on any atom is -0.497 e. The molecule has 0 atom stereocenters. The molecule has 3 nitrogen and oxygen atoms in total.